The van der Waals surface area contributed by atoms with Crippen molar-refractivity contribution in [3.05, 3.63) is 35.9 Å². The maximum Gasteiger partial charge on any atom is 0.225 e. The van der Waals surface area contributed by atoms with E-state index in [1.165, 1.54) is 12.0 Å². The Balaban J connectivity index is 1.14. The molecule has 1 atom stereocenters. The van der Waals surface area contributed by atoms with Crippen LogP contribution in [-0.2, 0) is 16.0 Å². The second-order valence-electron chi connectivity index (χ2n) is 8.86. The first-order valence-electron chi connectivity index (χ1n) is 11.0. The standard InChI is InChI=1S/C23H33N3O2/c27-22-15-20(23(28)24-21-8-9-21)17-26(22)16-19-10-13-25(14-11-19)12-4-7-18-5-2-1-3-6-18/h1-3,5-6,19-21H,4,7-17H2,(H,24,28). The number of nitrogens with zero attached hydrogens (tertiary/aromatic N) is 2. The molecule has 1 aromatic rings. The molecule has 3 aliphatic rings. The van der Waals surface area contributed by atoms with Crippen LogP contribution in [0.1, 0.15) is 44.1 Å². The third kappa shape index (κ3) is 5.34. The topological polar surface area (TPSA) is 52.7 Å². The number of amides is 2. The van der Waals surface area contributed by atoms with Crippen LogP contribution < -0.4 is 5.32 Å². The molecule has 4 rings (SSSR count). The lowest BCUT2D eigenvalue weighted by Crippen LogP contribution is -2.40. The van der Waals surface area contributed by atoms with E-state index in [0.29, 0.717) is 24.9 Å². The second-order valence-corrected chi connectivity index (χ2v) is 8.86. The second kappa shape index (κ2) is 9.08. The molecule has 2 amide bonds. The molecule has 2 aliphatic heterocycles. The zero-order valence-corrected chi connectivity index (χ0v) is 16.8. The summed E-state index contributed by atoms with van der Waals surface area (Å²) in [5.41, 5.74) is 1.42. The van der Waals surface area contributed by atoms with Crippen LogP contribution in [0.3, 0.4) is 0 Å². The van der Waals surface area contributed by atoms with Crippen molar-refractivity contribution >= 4 is 11.8 Å². The van der Waals surface area contributed by atoms with E-state index in [-0.39, 0.29) is 17.7 Å². The first kappa shape index (κ1) is 19.4. The number of rotatable bonds is 8. The molecule has 1 aromatic carbocycles. The monoisotopic (exact) mass is 383 g/mol. The molecule has 2 heterocycles. The van der Waals surface area contributed by atoms with E-state index in [9.17, 15) is 9.59 Å². The molecule has 0 aromatic heterocycles. The fourth-order valence-electron chi connectivity index (χ4n) is 4.53. The molecule has 28 heavy (non-hydrogen) atoms. The van der Waals surface area contributed by atoms with Crippen LogP contribution in [0.5, 0.6) is 0 Å². The summed E-state index contributed by atoms with van der Waals surface area (Å²) in [5.74, 6) is 0.707. The molecular weight excluding hydrogens is 350 g/mol. The molecule has 1 aliphatic carbocycles. The van der Waals surface area contributed by atoms with Crippen molar-refractivity contribution in [2.24, 2.45) is 11.8 Å². The Labute approximate surface area is 168 Å². The van der Waals surface area contributed by atoms with Gasteiger partial charge in [-0.1, -0.05) is 30.3 Å². The zero-order chi connectivity index (χ0) is 19.3. The molecule has 2 saturated heterocycles. The average molecular weight is 384 g/mol. The maximum absolute atomic E-state index is 12.3. The van der Waals surface area contributed by atoms with Gasteiger partial charge in [0.15, 0.2) is 0 Å². The molecule has 1 saturated carbocycles. The highest BCUT2D eigenvalue weighted by Gasteiger charge is 2.37. The number of hydrogen-bond donors (Lipinski definition) is 1. The van der Waals surface area contributed by atoms with Crippen molar-refractivity contribution in [2.75, 3.05) is 32.7 Å². The molecule has 1 N–H and O–H groups in total. The molecule has 3 fully saturated rings. The highest BCUT2D eigenvalue weighted by atomic mass is 16.2. The molecule has 1 unspecified atom stereocenters. The Bertz CT molecular complexity index is 666. The Morgan fingerprint density at radius 2 is 1.82 bits per heavy atom. The lowest BCUT2D eigenvalue weighted by molar-refractivity contribution is -0.129. The van der Waals surface area contributed by atoms with E-state index >= 15 is 0 Å². The van der Waals surface area contributed by atoms with Gasteiger partial charge in [-0.15, -0.1) is 0 Å². The lowest BCUT2D eigenvalue weighted by Gasteiger charge is -2.34. The molecule has 0 bridgehead atoms. The van der Waals surface area contributed by atoms with Crippen LogP contribution in [0, 0.1) is 11.8 Å². The van der Waals surface area contributed by atoms with E-state index < -0.39 is 0 Å². The predicted octanol–water partition coefficient (Wildman–Crippen LogP) is 2.46. The van der Waals surface area contributed by atoms with E-state index in [0.717, 1.165) is 58.3 Å². The van der Waals surface area contributed by atoms with Crippen molar-refractivity contribution in [3.8, 4) is 0 Å². The van der Waals surface area contributed by atoms with E-state index in [1.807, 2.05) is 4.90 Å². The number of carbonyl (C=O) groups excluding carboxylic acids is 2. The van der Waals surface area contributed by atoms with Crippen molar-refractivity contribution in [3.63, 3.8) is 0 Å². The molecule has 5 heteroatoms. The van der Waals surface area contributed by atoms with Gasteiger partial charge in [0.05, 0.1) is 5.92 Å². The minimum absolute atomic E-state index is 0.0894. The van der Waals surface area contributed by atoms with Crippen LogP contribution in [0.15, 0.2) is 30.3 Å². The average Bonchev–Trinajstić information content (AvgIpc) is 3.45. The largest absolute Gasteiger partial charge is 0.353 e. The van der Waals surface area contributed by atoms with Gasteiger partial charge in [0.1, 0.15) is 0 Å². The minimum atomic E-state index is -0.133. The van der Waals surface area contributed by atoms with Crippen LogP contribution in [0.25, 0.3) is 0 Å². The normalized spacial score (nSPS) is 23.9. The van der Waals surface area contributed by atoms with E-state index in [4.69, 9.17) is 0 Å². The first-order chi connectivity index (χ1) is 13.7. The third-order valence-electron chi connectivity index (χ3n) is 6.48. The summed E-state index contributed by atoms with van der Waals surface area (Å²) in [5, 5.41) is 3.05. The summed E-state index contributed by atoms with van der Waals surface area (Å²) in [6.07, 6.45) is 7.27. The van der Waals surface area contributed by atoms with E-state index in [1.54, 1.807) is 0 Å². The quantitative estimate of drug-likeness (QED) is 0.750. The summed E-state index contributed by atoms with van der Waals surface area (Å²) in [6, 6.07) is 11.1. The van der Waals surface area contributed by atoms with Gasteiger partial charge in [0.2, 0.25) is 11.8 Å². The maximum atomic E-state index is 12.3. The molecule has 5 nitrogen and oxygen atoms in total. The smallest absolute Gasteiger partial charge is 0.225 e. The zero-order valence-electron chi connectivity index (χ0n) is 16.8. The van der Waals surface area contributed by atoms with Gasteiger partial charge in [-0.05, 0) is 69.6 Å². The highest BCUT2D eigenvalue weighted by Crippen LogP contribution is 2.26. The molecular formula is C23H33N3O2. The summed E-state index contributed by atoms with van der Waals surface area (Å²) in [6.45, 7) is 4.88. The van der Waals surface area contributed by atoms with Gasteiger partial charge in [-0.2, -0.15) is 0 Å². The number of carbonyl (C=O) groups is 2. The van der Waals surface area contributed by atoms with Gasteiger partial charge >= 0.3 is 0 Å². The Kier molecular flexibility index (Phi) is 6.30. The van der Waals surface area contributed by atoms with Crippen LogP contribution >= 0.6 is 0 Å². The fraction of sp³-hybridized carbons (Fsp3) is 0.652. The summed E-state index contributed by atoms with van der Waals surface area (Å²) in [7, 11) is 0. The highest BCUT2D eigenvalue weighted by molar-refractivity contribution is 5.89. The van der Waals surface area contributed by atoms with Gasteiger partial charge < -0.3 is 15.1 Å². The Hall–Kier alpha value is -1.88. The Morgan fingerprint density at radius 1 is 1.07 bits per heavy atom. The molecule has 152 valence electrons. The van der Waals surface area contributed by atoms with Crippen molar-refractivity contribution in [2.45, 2.75) is 51.0 Å². The SMILES string of the molecule is O=C(NC1CC1)C1CC(=O)N(CC2CCN(CCCc3ccccc3)CC2)C1. The first-order valence-corrected chi connectivity index (χ1v) is 11.0. The minimum Gasteiger partial charge on any atom is -0.353 e. The van der Waals surface area contributed by atoms with E-state index in [2.05, 4.69) is 40.5 Å². The number of nitrogens with one attached hydrogen (secondary N) is 1. The van der Waals surface area contributed by atoms with Crippen molar-refractivity contribution in [1.29, 1.82) is 0 Å². The van der Waals surface area contributed by atoms with Crippen molar-refractivity contribution in [1.82, 2.24) is 15.1 Å². The van der Waals surface area contributed by atoms with Gasteiger partial charge in [0, 0.05) is 25.6 Å². The lowest BCUT2D eigenvalue weighted by atomic mass is 9.96. The number of piperidine rings is 1. The fourth-order valence-corrected chi connectivity index (χ4v) is 4.53. The number of aryl methyl sites for hydroxylation is 1. The summed E-state index contributed by atoms with van der Waals surface area (Å²) in [4.78, 5) is 29.1. The number of hydrogen-bond acceptors (Lipinski definition) is 3. The summed E-state index contributed by atoms with van der Waals surface area (Å²) >= 11 is 0. The van der Waals surface area contributed by atoms with Crippen LogP contribution in [0.2, 0.25) is 0 Å². The summed E-state index contributed by atoms with van der Waals surface area (Å²) < 4.78 is 0. The predicted molar refractivity (Wildman–Crippen MR) is 110 cm³/mol. The van der Waals surface area contributed by atoms with Crippen molar-refractivity contribution < 1.29 is 9.59 Å². The van der Waals surface area contributed by atoms with Gasteiger partial charge in [-0.25, -0.2) is 0 Å². The Morgan fingerprint density at radius 3 is 2.54 bits per heavy atom. The molecule has 0 spiro atoms. The number of likely N-dealkylation sites (tertiary alicyclic amines) is 2. The van der Waals surface area contributed by atoms with Crippen LogP contribution in [0.4, 0.5) is 0 Å². The number of benzene rings is 1. The van der Waals surface area contributed by atoms with Gasteiger partial charge in [-0.3, -0.25) is 9.59 Å². The van der Waals surface area contributed by atoms with Crippen LogP contribution in [-0.4, -0.2) is 60.4 Å². The third-order valence-corrected chi connectivity index (χ3v) is 6.48. The van der Waals surface area contributed by atoms with Gasteiger partial charge in [0.25, 0.3) is 0 Å². The molecule has 0 radical (unpaired) electrons.